The molecule has 0 heteroatoms. The Balaban J connectivity index is -0.000000305. The van der Waals surface area contributed by atoms with Gasteiger partial charge >= 0.3 is 0 Å². The number of hydrogen-bond acceptors (Lipinski definition) is 0. The van der Waals surface area contributed by atoms with Crippen molar-refractivity contribution in [2.45, 2.75) is 62.3 Å². The fourth-order valence-corrected chi connectivity index (χ4v) is 1.28. The van der Waals surface area contributed by atoms with Gasteiger partial charge in [-0.15, -0.1) is 0 Å². The predicted molar refractivity (Wildman–Crippen MR) is 79.1 cm³/mol. The Bertz CT molecular complexity index is 223. The van der Waals surface area contributed by atoms with Crippen LogP contribution in [0.3, 0.4) is 0 Å². The smallest absolute Gasteiger partial charge is 0.0253 e. The molecule has 0 aliphatic carbocycles. The molecule has 1 aromatic rings. The third-order valence-electron chi connectivity index (χ3n) is 1.89. The Morgan fingerprint density at radius 2 is 1.38 bits per heavy atom. The second-order valence-electron chi connectivity index (χ2n) is 3.52. The summed E-state index contributed by atoms with van der Waals surface area (Å²) >= 11 is 0. The average Bonchev–Trinajstić information content (AvgIpc) is 2.27. The largest absolute Gasteiger partial charge is 0.0776 e. The van der Waals surface area contributed by atoms with Crippen LogP contribution in [-0.4, -0.2) is 0 Å². The Morgan fingerprint density at radius 1 is 0.938 bits per heavy atom. The van der Waals surface area contributed by atoms with Crippen LogP contribution in [0.5, 0.6) is 0 Å². The first-order valence-corrected chi connectivity index (χ1v) is 6.24. The molecule has 0 radical (unpaired) electrons. The van der Waals surface area contributed by atoms with Crippen molar-refractivity contribution in [2.24, 2.45) is 5.92 Å². The molecule has 0 saturated heterocycles. The Labute approximate surface area is 104 Å². The molecule has 96 valence electrons. The first-order valence-electron chi connectivity index (χ1n) is 6.24. The highest BCUT2D eigenvalue weighted by molar-refractivity contribution is 5.25. The minimum atomic E-state index is 0. The molecular formula is C16H32. The maximum absolute atomic E-state index is 2.26. The van der Waals surface area contributed by atoms with E-state index >= 15 is 0 Å². The molecule has 0 unspecified atom stereocenters. The highest BCUT2D eigenvalue weighted by Crippen LogP contribution is 2.11. The summed E-state index contributed by atoms with van der Waals surface area (Å²) in [6.45, 7) is 14.7. The van der Waals surface area contributed by atoms with Crippen LogP contribution in [0.2, 0.25) is 0 Å². The topological polar surface area (TPSA) is 0 Å². The maximum atomic E-state index is 2.26. The summed E-state index contributed by atoms with van der Waals surface area (Å²) in [6.07, 6.45) is 1.20. The van der Waals surface area contributed by atoms with E-state index in [0.29, 0.717) is 0 Å². The Hall–Kier alpha value is -0.780. The van der Waals surface area contributed by atoms with Crippen LogP contribution < -0.4 is 0 Å². The van der Waals surface area contributed by atoms with Gasteiger partial charge in [0.15, 0.2) is 0 Å². The van der Waals surface area contributed by atoms with Crippen LogP contribution in [0, 0.1) is 12.8 Å². The second-order valence-corrected chi connectivity index (χ2v) is 3.52. The van der Waals surface area contributed by atoms with E-state index in [9.17, 15) is 0 Å². The van der Waals surface area contributed by atoms with Gasteiger partial charge in [-0.05, 0) is 30.4 Å². The Morgan fingerprint density at radius 3 is 1.75 bits per heavy atom. The van der Waals surface area contributed by atoms with Gasteiger partial charge in [0.25, 0.3) is 0 Å². The zero-order chi connectivity index (χ0) is 12.3. The molecule has 0 heterocycles. The van der Waals surface area contributed by atoms with E-state index < -0.39 is 0 Å². The minimum Gasteiger partial charge on any atom is -0.0776 e. The summed E-state index contributed by atoms with van der Waals surface area (Å²) < 4.78 is 0. The quantitative estimate of drug-likeness (QED) is 0.588. The molecule has 0 aliphatic rings. The van der Waals surface area contributed by atoms with Gasteiger partial charge in [0, 0.05) is 0 Å². The lowest BCUT2D eigenvalue weighted by molar-refractivity contribution is 0.645. The van der Waals surface area contributed by atoms with Gasteiger partial charge in [-0.25, -0.2) is 0 Å². The lowest BCUT2D eigenvalue weighted by Crippen LogP contribution is -1.95. The summed E-state index contributed by atoms with van der Waals surface area (Å²) in [5, 5.41) is 0. The number of rotatable bonds is 2. The first kappa shape index (κ1) is 20.6. The van der Waals surface area contributed by atoms with Gasteiger partial charge in [0.2, 0.25) is 0 Å². The summed E-state index contributed by atoms with van der Waals surface area (Å²) in [5.74, 6) is 0.760. The van der Waals surface area contributed by atoms with Gasteiger partial charge in [0.1, 0.15) is 0 Å². The van der Waals surface area contributed by atoms with Crippen molar-refractivity contribution < 1.29 is 0 Å². The van der Waals surface area contributed by atoms with Gasteiger partial charge < -0.3 is 0 Å². The third kappa shape index (κ3) is 9.76. The molecular weight excluding hydrogens is 192 g/mol. The summed E-state index contributed by atoms with van der Waals surface area (Å²) in [4.78, 5) is 0. The molecule has 0 bridgehead atoms. The Kier molecular flexibility index (Phi) is 18.3. The fraction of sp³-hybridized carbons (Fsp3) is 0.625. The van der Waals surface area contributed by atoms with Crippen LogP contribution in [0.25, 0.3) is 0 Å². The molecule has 0 aromatic heterocycles. The fourth-order valence-electron chi connectivity index (χ4n) is 1.28. The van der Waals surface area contributed by atoms with Crippen molar-refractivity contribution in [2.75, 3.05) is 0 Å². The highest BCUT2D eigenvalue weighted by atomic mass is 14.0. The van der Waals surface area contributed by atoms with E-state index in [0.717, 1.165) is 5.92 Å². The van der Waals surface area contributed by atoms with E-state index in [1.165, 1.54) is 17.5 Å². The third-order valence-corrected chi connectivity index (χ3v) is 1.89. The van der Waals surface area contributed by atoms with Crippen molar-refractivity contribution in [1.29, 1.82) is 0 Å². The summed E-state index contributed by atoms with van der Waals surface area (Å²) in [6, 6.07) is 8.61. The van der Waals surface area contributed by atoms with Crippen LogP contribution in [-0.2, 0) is 6.42 Å². The molecule has 0 N–H and O–H groups in total. The van der Waals surface area contributed by atoms with Gasteiger partial charge in [-0.1, -0.05) is 73.2 Å². The zero-order valence-electron chi connectivity index (χ0n) is 11.6. The van der Waals surface area contributed by atoms with Crippen molar-refractivity contribution in [3.05, 3.63) is 35.4 Å². The van der Waals surface area contributed by atoms with E-state index in [1.807, 2.05) is 27.7 Å². The number of aryl methyl sites for hydroxylation is 1. The monoisotopic (exact) mass is 224 g/mol. The standard InChI is InChI=1S/C11H16.2C2H6.CH4/c1-9(2)8-11-7-5-4-6-10(11)3;2*1-2;/h4-7,9H,8H2,1-3H3;2*1-2H3;1H4. The van der Waals surface area contributed by atoms with Gasteiger partial charge in [0.05, 0.1) is 0 Å². The van der Waals surface area contributed by atoms with Crippen molar-refractivity contribution in [3.8, 4) is 0 Å². The molecule has 0 spiro atoms. The second kappa shape index (κ2) is 14.2. The minimum absolute atomic E-state index is 0. The van der Waals surface area contributed by atoms with Crippen LogP contribution in [0.1, 0.15) is 60.1 Å². The zero-order valence-corrected chi connectivity index (χ0v) is 11.6. The van der Waals surface area contributed by atoms with Crippen molar-refractivity contribution in [1.82, 2.24) is 0 Å². The SMILES string of the molecule is C.CC.CC.Cc1ccccc1CC(C)C. The molecule has 1 aromatic carbocycles. The van der Waals surface area contributed by atoms with Crippen LogP contribution in [0.4, 0.5) is 0 Å². The molecule has 0 saturated carbocycles. The highest BCUT2D eigenvalue weighted by Gasteiger charge is 1.98. The van der Waals surface area contributed by atoms with Gasteiger partial charge in [-0.2, -0.15) is 0 Å². The maximum Gasteiger partial charge on any atom is -0.0253 e. The molecule has 0 atom stereocenters. The molecule has 0 fully saturated rings. The van der Waals surface area contributed by atoms with E-state index in [-0.39, 0.29) is 7.43 Å². The molecule has 1 rings (SSSR count). The first-order chi connectivity index (χ1) is 7.20. The van der Waals surface area contributed by atoms with Crippen LogP contribution in [0.15, 0.2) is 24.3 Å². The van der Waals surface area contributed by atoms with E-state index in [1.54, 1.807) is 0 Å². The lowest BCUT2D eigenvalue weighted by Gasteiger charge is -2.07. The average molecular weight is 224 g/mol. The van der Waals surface area contributed by atoms with Crippen LogP contribution >= 0.6 is 0 Å². The van der Waals surface area contributed by atoms with E-state index in [2.05, 4.69) is 45.0 Å². The molecule has 0 amide bonds. The van der Waals surface area contributed by atoms with Gasteiger partial charge in [-0.3, -0.25) is 0 Å². The number of hydrogen-bond donors (Lipinski definition) is 0. The molecule has 0 aliphatic heterocycles. The summed E-state index contributed by atoms with van der Waals surface area (Å²) in [5.41, 5.74) is 2.91. The lowest BCUT2D eigenvalue weighted by atomic mass is 9.99. The predicted octanol–water partition coefficient (Wildman–Crippen LogP) is 5.88. The van der Waals surface area contributed by atoms with Crippen molar-refractivity contribution >= 4 is 0 Å². The number of benzene rings is 1. The molecule has 0 nitrogen and oxygen atoms in total. The van der Waals surface area contributed by atoms with E-state index in [4.69, 9.17) is 0 Å². The summed E-state index contributed by atoms with van der Waals surface area (Å²) in [7, 11) is 0. The normalized spacial score (nSPS) is 8.00. The van der Waals surface area contributed by atoms with Crippen molar-refractivity contribution in [3.63, 3.8) is 0 Å². The molecule has 16 heavy (non-hydrogen) atoms.